The van der Waals surface area contributed by atoms with E-state index in [4.69, 9.17) is 4.74 Å². The molecule has 0 radical (unpaired) electrons. The van der Waals surface area contributed by atoms with Gasteiger partial charge in [0.15, 0.2) is 0 Å². The van der Waals surface area contributed by atoms with Crippen molar-refractivity contribution in [2.45, 2.75) is 50.9 Å². The quantitative estimate of drug-likeness (QED) is 0.756. The average Bonchev–Trinajstić information content (AvgIpc) is 2.71. The lowest BCUT2D eigenvalue weighted by Crippen LogP contribution is -2.57. The minimum Gasteiger partial charge on any atom is -0.497 e. The number of hydrogen-bond acceptors (Lipinski definition) is 2. The zero-order chi connectivity index (χ0) is 20.1. The molecule has 4 saturated carbocycles. The van der Waals surface area contributed by atoms with Gasteiger partial charge in [0.2, 0.25) is 0 Å². The molecule has 4 fully saturated rings. The Bertz CT molecular complexity index is 885. The van der Waals surface area contributed by atoms with Gasteiger partial charge in [-0.2, -0.15) is 0 Å². The lowest BCUT2D eigenvalue weighted by atomic mass is 9.43. The van der Waals surface area contributed by atoms with Crippen LogP contribution in [0.4, 0.5) is 0 Å². The average molecular weight is 390 g/mol. The number of carbonyl (C=O) groups excluding carboxylic acids is 1. The molecule has 4 atom stereocenters. The van der Waals surface area contributed by atoms with Crippen molar-refractivity contribution in [1.29, 1.82) is 0 Å². The molecule has 1 amide bonds. The van der Waals surface area contributed by atoms with E-state index in [1.54, 1.807) is 7.11 Å². The first kappa shape index (κ1) is 18.7. The predicted octanol–water partition coefficient (Wildman–Crippen LogP) is 5.27. The molecule has 2 aromatic rings. The minimum absolute atomic E-state index is 0.0350. The zero-order valence-corrected chi connectivity index (χ0v) is 17.5. The molecule has 152 valence electrons. The first-order valence-corrected chi connectivity index (χ1v) is 11.0. The first-order chi connectivity index (χ1) is 14.0. The van der Waals surface area contributed by atoms with E-state index >= 15 is 0 Å². The second-order valence-electron chi connectivity index (χ2n) is 10.0. The summed E-state index contributed by atoms with van der Waals surface area (Å²) in [6.45, 7) is 2.97. The molecule has 0 saturated heterocycles. The highest BCUT2D eigenvalue weighted by molar-refractivity contribution is 5.94. The lowest BCUT2D eigenvalue weighted by molar-refractivity contribution is -0.0697. The molecule has 6 rings (SSSR count). The van der Waals surface area contributed by atoms with Gasteiger partial charge >= 0.3 is 0 Å². The summed E-state index contributed by atoms with van der Waals surface area (Å²) < 4.78 is 5.20. The summed E-state index contributed by atoms with van der Waals surface area (Å²) in [6, 6.07) is 16.7. The van der Waals surface area contributed by atoms with Crippen molar-refractivity contribution >= 4 is 5.91 Å². The molecule has 4 bridgehead atoms. The number of nitrogens with one attached hydrogen (secondary N) is 1. The second-order valence-corrected chi connectivity index (χ2v) is 10.0. The standard InChI is InChI=1S/C26H31NO2/c1-18-3-7-22(8-4-18)26-14-19-11-20(15-26)13-25(12-19,16-26)17-27-24(28)21-5-9-23(29-2)10-6-21/h3-10,19-20H,11-17H2,1-2H3,(H,27,28)/t19-,20+,25?,26?. The topological polar surface area (TPSA) is 38.3 Å². The number of methoxy groups -OCH3 is 1. The van der Waals surface area contributed by atoms with Gasteiger partial charge in [-0.25, -0.2) is 0 Å². The Kier molecular flexibility index (Phi) is 4.45. The molecule has 4 aliphatic carbocycles. The fourth-order valence-electron chi connectivity index (χ4n) is 7.02. The molecule has 2 aromatic carbocycles. The van der Waals surface area contributed by atoms with Crippen LogP contribution in [0.25, 0.3) is 0 Å². The van der Waals surface area contributed by atoms with Gasteiger partial charge in [-0.05, 0) is 97.9 Å². The van der Waals surface area contributed by atoms with Gasteiger partial charge in [0.1, 0.15) is 5.75 Å². The number of aryl methyl sites for hydroxylation is 1. The van der Waals surface area contributed by atoms with Crippen molar-refractivity contribution in [1.82, 2.24) is 5.32 Å². The van der Waals surface area contributed by atoms with Gasteiger partial charge in [-0.3, -0.25) is 4.79 Å². The molecule has 3 nitrogen and oxygen atoms in total. The van der Waals surface area contributed by atoms with Crippen LogP contribution in [0.2, 0.25) is 0 Å². The van der Waals surface area contributed by atoms with Gasteiger partial charge in [-0.15, -0.1) is 0 Å². The van der Waals surface area contributed by atoms with Crippen LogP contribution >= 0.6 is 0 Å². The summed E-state index contributed by atoms with van der Waals surface area (Å²) in [6.07, 6.45) is 7.84. The van der Waals surface area contributed by atoms with E-state index in [-0.39, 0.29) is 11.3 Å². The van der Waals surface area contributed by atoms with E-state index in [0.29, 0.717) is 11.0 Å². The summed E-state index contributed by atoms with van der Waals surface area (Å²) in [4.78, 5) is 12.8. The molecule has 1 N–H and O–H groups in total. The molecular formula is C26H31NO2. The maximum atomic E-state index is 12.8. The Morgan fingerprint density at radius 1 is 1.00 bits per heavy atom. The van der Waals surface area contributed by atoms with Gasteiger partial charge in [0, 0.05) is 12.1 Å². The molecule has 0 aromatic heterocycles. The summed E-state index contributed by atoms with van der Waals surface area (Å²) in [5.74, 6) is 2.45. The van der Waals surface area contributed by atoms with Crippen molar-refractivity contribution in [3.63, 3.8) is 0 Å². The van der Waals surface area contributed by atoms with Gasteiger partial charge in [0.25, 0.3) is 5.91 Å². The number of hydrogen-bond donors (Lipinski definition) is 1. The summed E-state index contributed by atoms with van der Waals surface area (Å²) in [5, 5.41) is 3.29. The largest absolute Gasteiger partial charge is 0.497 e. The van der Waals surface area contributed by atoms with Crippen LogP contribution in [0.1, 0.15) is 60.0 Å². The molecule has 0 aliphatic heterocycles. The molecule has 0 spiro atoms. The Labute approximate surface area is 173 Å². The molecule has 0 heterocycles. The van der Waals surface area contributed by atoms with Crippen molar-refractivity contribution in [2.75, 3.05) is 13.7 Å². The molecule has 4 aliphatic rings. The summed E-state index contributed by atoms with van der Waals surface area (Å²) >= 11 is 0. The molecule has 29 heavy (non-hydrogen) atoms. The molecular weight excluding hydrogens is 358 g/mol. The fraction of sp³-hybridized carbons (Fsp3) is 0.500. The highest BCUT2D eigenvalue weighted by atomic mass is 16.5. The highest BCUT2D eigenvalue weighted by Crippen LogP contribution is 2.65. The number of benzene rings is 2. The van der Waals surface area contributed by atoms with Gasteiger partial charge in [-0.1, -0.05) is 29.8 Å². The predicted molar refractivity (Wildman–Crippen MR) is 115 cm³/mol. The van der Waals surface area contributed by atoms with Crippen molar-refractivity contribution in [2.24, 2.45) is 17.3 Å². The normalized spacial score (nSPS) is 32.2. The van der Waals surface area contributed by atoms with Crippen LogP contribution < -0.4 is 10.1 Å². The van der Waals surface area contributed by atoms with E-state index in [1.165, 1.54) is 49.7 Å². The third-order valence-electron chi connectivity index (χ3n) is 7.82. The fourth-order valence-corrected chi connectivity index (χ4v) is 7.02. The van der Waals surface area contributed by atoms with Crippen molar-refractivity contribution < 1.29 is 9.53 Å². The van der Waals surface area contributed by atoms with Crippen LogP contribution in [-0.4, -0.2) is 19.6 Å². The maximum absolute atomic E-state index is 12.8. The third-order valence-corrected chi connectivity index (χ3v) is 7.82. The Hall–Kier alpha value is -2.29. The highest BCUT2D eigenvalue weighted by Gasteiger charge is 2.58. The van der Waals surface area contributed by atoms with Crippen molar-refractivity contribution in [3.8, 4) is 5.75 Å². The van der Waals surface area contributed by atoms with Gasteiger partial charge < -0.3 is 10.1 Å². The Balaban J connectivity index is 1.34. The smallest absolute Gasteiger partial charge is 0.251 e. The molecule has 2 unspecified atom stereocenters. The zero-order valence-electron chi connectivity index (χ0n) is 17.5. The van der Waals surface area contributed by atoms with Crippen LogP contribution in [0.5, 0.6) is 5.75 Å². The monoisotopic (exact) mass is 389 g/mol. The van der Waals surface area contributed by atoms with Gasteiger partial charge in [0.05, 0.1) is 7.11 Å². The first-order valence-electron chi connectivity index (χ1n) is 11.0. The SMILES string of the molecule is COc1ccc(C(=O)NCC23C[C@H]4C[C@@H](C2)CC(c2ccc(C)cc2)(C4)C3)cc1. The third kappa shape index (κ3) is 3.35. The van der Waals surface area contributed by atoms with Crippen LogP contribution in [0, 0.1) is 24.2 Å². The summed E-state index contributed by atoms with van der Waals surface area (Å²) in [5.41, 5.74) is 4.16. The Morgan fingerprint density at radius 2 is 1.66 bits per heavy atom. The van der Waals surface area contributed by atoms with Crippen LogP contribution in [-0.2, 0) is 5.41 Å². The number of rotatable bonds is 5. The van der Waals surface area contributed by atoms with Crippen LogP contribution in [0.3, 0.4) is 0 Å². The lowest BCUT2D eigenvalue weighted by Gasteiger charge is -2.62. The van der Waals surface area contributed by atoms with Crippen molar-refractivity contribution in [3.05, 3.63) is 65.2 Å². The van der Waals surface area contributed by atoms with E-state index in [1.807, 2.05) is 24.3 Å². The van der Waals surface area contributed by atoms with E-state index in [9.17, 15) is 4.79 Å². The number of carbonyl (C=O) groups is 1. The van der Waals surface area contributed by atoms with E-state index < -0.39 is 0 Å². The van der Waals surface area contributed by atoms with E-state index in [0.717, 1.165) is 24.1 Å². The second kappa shape index (κ2) is 6.90. The minimum atomic E-state index is 0.0350. The van der Waals surface area contributed by atoms with Crippen LogP contribution in [0.15, 0.2) is 48.5 Å². The molecule has 3 heteroatoms. The number of amides is 1. The van der Waals surface area contributed by atoms with E-state index in [2.05, 4.69) is 36.5 Å². The maximum Gasteiger partial charge on any atom is 0.251 e. The number of ether oxygens (including phenoxy) is 1. The summed E-state index contributed by atoms with van der Waals surface area (Å²) in [7, 11) is 1.64. The Morgan fingerprint density at radius 3 is 2.28 bits per heavy atom.